The lowest BCUT2D eigenvalue weighted by Crippen LogP contribution is -2.52. The van der Waals surface area contributed by atoms with Crippen molar-refractivity contribution < 1.29 is 19.4 Å². The highest BCUT2D eigenvalue weighted by Gasteiger charge is 2.21. The summed E-state index contributed by atoms with van der Waals surface area (Å²) in [5.74, 6) is -0.154. The SMILES string of the molecule is CCCCOC=O.N[C@@H](CO)C(=O)N1CCNCC1. The molecule has 4 N–H and O–H groups in total. The van der Waals surface area contributed by atoms with Crippen LogP contribution in [0.15, 0.2) is 0 Å². The predicted octanol–water partition coefficient (Wildman–Crippen LogP) is -1.30. The van der Waals surface area contributed by atoms with E-state index < -0.39 is 6.04 Å². The number of rotatable bonds is 6. The zero-order chi connectivity index (χ0) is 14.5. The number of piperazine rings is 1. The van der Waals surface area contributed by atoms with Crippen LogP contribution in [-0.2, 0) is 14.3 Å². The van der Waals surface area contributed by atoms with Crippen LogP contribution in [0.25, 0.3) is 0 Å². The fraction of sp³-hybridized carbons (Fsp3) is 0.833. The highest BCUT2D eigenvalue weighted by atomic mass is 16.5. The maximum Gasteiger partial charge on any atom is 0.293 e. The van der Waals surface area contributed by atoms with Gasteiger partial charge in [-0.05, 0) is 6.42 Å². The van der Waals surface area contributed by atoms with Crippen molar-refractivity contribution in [2.75, 3.05) is 39.4 Å². The van der Waals surface area contributed by atoms with E-state index in [0.717, 1.165) is 25.9 Å². The molecule has 0 radical (unpaired) electrons. The maximum atomic E-state index is 11.3. The molecule has 0 spiro atoms. The van der Waals surface area contributed by atoms with Crippen molar-refractivity contribution >= 4 is 12.4 Å². The molecule has 0 aromatic carbocycles. The second-order valence-electron chi connectivity index (χ2n) is 4.18. The zero-order valence-electron chi connectivity index (χ0n) is 11.5. The monoisotopic (exact) mass is 275 g/mol. The van der Waals surface area contributed by atoms with Gasteiger partial charge in [0.05, 0.1) is 13.2 Å². The quantitative estimate of drug-likeness (QED) is 0.411. The summed E-state index contributed by atoms with van der Waals surface area (Å²) in [5, 5.41) is 11.8. The average Bonchev–Trinajstić information content (AvgIpc) is 2.48. The Bertz CT molecular complexity index is 245. The van der Waals surface area contributed by atoms with Crippen molar-refractivity contribution in [3.63, 3.8) is 0 Å². The van der Waals surface area contributed by atoms with E-state index in [0.29, 0.717) is 26.2 Å². The smallest absolute Gasteiger partial charge is 0.293 e. The van der Waals surface area contributed by atoms with Crippen LogP contribution in [0.4, 0.5) is 0 Å². The van der Waals surface area contributed by atoms with Crippen molar-refractivity contribution in [2.45, 2.75) is 25.8 Å². The van der Waals surface area contributed by atoms with Gasteiger partial charge in [0, 0.05) is 26.2 Å². The van der Waals surface area contributed by atoms with Crippen LogP contribution >= 0.6 is 0 Å². The van der Waals surface area contributed by atoms with E-state index in [4.69, 9.17) is 10.8 Å². The number of hydrogen-bond acceptors (Lipinski definition) is 6. The molecule has 0 aliphatic carbocycles. The van der Waals surface area contributed by atoms with Crippen LogP contribution in [0.1, 0.15) is 19.8 Å². The van der Waals surface area contributed by atoms with Gasteiger partial charge >= 0.3 is 0 Å². The van der Waals surface area contributed by atoms with E-state index >= 15 is 0 Å². The Morgan fingerprint density at radius 1 is 1.53 bits per heavy atom. The van der Waals surface area contributed by atoms with Crippen LogP contribution in [-0.4, -0.2) is 67.8 Å². The molecule has 1 atom stereocenters. The third kappa shape index (κ3) is 8.52. The third-order valence-electron chi connectivity index (χ3n) is 2.63. The Morgan fingerprint density at radius 2 is 2.16 bits per heavy atom. The Hall–Kier alpha value is -1.18. The van der Waals surface area contributed by atoms with E-state index in [1.54, 1.807) is 4.90 Å². The van der Waals surface area contributed by atoms with Gasteiger partial charge in [-0.1, -0.05) is 13.3 Å². The molecule has 1 aliphatic rings. The summed E-state index contributed by atoms with van der Waals surface area (Å²) in [6.45, 7) is 5.82. The Labute approximate surface area is 114 Å². The molecule has 1 amide bonds. The highest BCUT2D eigenvalue weighted by Crippen LogP contribution is 1.95. The molecule has 19 heavy (non-hydrogen) atoms. The van der Waals surface area contributed by atoms with Crippen LogP contribution in [0.5, 0.6) is 0 Å². The van der Waals surface area contributed by atoms with Gasteiger partial charge in [0.1, 0.15) is 6.04 Å². The summed E-state index contributed by atoms with van der Waals surface area (Å²) in [6, 6.07) is -0.747. The van der Waals surface area contributed by atoms with Crippen LogP contribution in [0.2, 0.25) is 0 Å². The van der Waals surface area contributed by atoms with Gasteiger partial charge in [-0.2, -0.15) is 0 Å². The molecule has 1 aliphatic heterocycles. The largest absolute Gasteiger partial charge is 0.468 e. The summed E-state index contributed by atoms with van der Waals surface area (Å²) >= 11 is 0. The summed E-state index contributed by atoms with van der Waals surface area (Å²) < 4.78 is 4.39. The number of amides is 1. The van der Waals surface area contributed by atoms with E-state index in [1.807, 2.05) is 6.92 Å². The van der Waals surface area contributed by atoms with Crippen molar-refractivity contribution in [3.8, 4) is 0 Å². The first-order valence-corrected chi connectivity index (χ1v) is 6.58. The first-order valence-electron chi connectivity index (χ1n) is 6.58. The summed E-state index contributed by atoms with van der Waals surface area (Å²) in [7, 11) is 0. The van der Waals surface area contributed by atoms with Crippen molar-refractivity contribution in [3.05, 3.63) is 0 Å². The fourth-order valence-electron chi connectivity index (χ4n) is 1.47. The molecular formula is C12H25N3O4. The molecule has 0 bridgehead atoms. The molecule has 0 aromatic heterocycles. The minimum absolute atomic E-state index is 0.154. The van der Waals surface area contributed by atoms with E-state index in [1.165, 1.54) is 0 Å². The number of carbonyl (C=O) groups excluding carboxylic acids is 2. The normalized spacial score (nSPS) is 16.1. The first-order chi connectivity index (χ1) is 9.17. The second kappa shape index (κ2) is 11.9. The lowest BCUT2D eigenvalue weighted by Gasteiger charge is -2.29. The Morgan fingerprint density at radius 3 is 2.63 bits per heavy atom. The van der Waals surface area contributed by atoms with Crippen LogP contribution < -0.4 is 11.1 Å². The molecular weight excluding hydrogens is 250 g/mol. The Balaban J connectivity index is 0.000000399. The lowest BCUT2D eigenvalue weighted by atomic mass is 10.2. The minimum atomic E-state index is -0.747. The number of aliphatic hydroxyl groups is 1. The van der Waals surface area contributed by atoms with Crippen molar-refractivity contribution in [2.24, 2.45) is 5.73 Å². The number of unbranched alkanes of at least 4 members (excludes halogenated alkanes) is 1. The molecule has 1 fully saturated rings. The van der Waals surface area contributed by atoms with Crippen LogP contribution in [0, 0.1) is 0 Å². The average molecular weight is 275 g/mol. The maximum absolute atomic E-state index is 11.3. The molecule has 7 nitrogen and oxygen atoms in total. The van der Waals surface area contributed by atoms with Gasteiger partial charge in [0.2, 0.25) is 5.91 Å². The molecule has 0 aromatic rings. The number of nitrogens with two attached hydrogens (primary N) is 1. The van der Waals surface area contributed by atoms with Crippen molar-refractivity contribution in [1.29, 1.82) is 0 Å². The summed E-state index contributed by atoms with van der Waals surface area (Å²) in [4.78, 5) is 22.5. The molecule has 0 unspecified atom stereocenters. The second-order valence-corrected chi connectivity index (χ2v) is 4.18. The van der Waals surface area contributed by atoms with E-state index in [2.05, 4.69) is 10.1 Å². The number of hydrogen-bond donors (Lipinski definition) is 3. The van der Waals surface area contributed by atoms with Gasteiger partial charge in [-0.25, -0.2) is 0 Å². The number of nitrogens with one attached hydrogen (secondary N) is 1. The van der Waals surface area contributed by atoms with E-state index in [-0.39, 0.29) is 12.5 Å². The fourth-order valence-corrected chi connectivity index (χ4v) is 1.47. The van der Waals surface area contributed by atoms with Gasteiger partial charge in [-0.3, -0.25) is 9.59 Å². The van der Waals surface area contributed by atoms with Crippen LogP contribution in [0.3, 0.4) is 0 Å². The van der Waals surface area contributed by atoms with Crippen molar-refractivity contribution in [1.82, 2.24) is 10.2 Å². The number of carbonyl (C=O) groups is 2. The first kappa shape index (κ1) is 17.8. The van der Waals surface area contributed by atoms with E-state index in [9.17, 15) is 9.59 Å². The molecule has 1 heterocycles. The molecule has 1 rings (SSSR count). The van der Waals surface area contributed by atoms with Gasteiger partial charge in [0.15, 0.2) is 0 Å². The zero-order valence-corrected chi connectivity index (χ0v) is 11.5. The molecule has 1 saturated heterocycles. The minimum Gasteiger partial charge on any atom is -0.468 e. The summed E-state index contributed by atoms with van der Waals surface area (Å²) in [6.07, 6.45) is 2.05. The van der Waals surface area contributed by atoms with Gasteiger partial charge in [-0.15, -0.1) is 0 Å². The number of ether oxygens (including phenoxy) is 1. The Kier molecular flexibility index (Phi) is 11.1. The highest BCUT2D eigenvalue weighted by molar-refractivity contribution is 5.81. The number of nitrogens with zero attached hydrogens (tertiary/aromatic N) is 1. The predicted molar refractivity (Wildman–Crippen MR) is 71.4 cm³/mol. The van der Waals surface area contributed by atoms with Gasteiger partial charge in [0.25, 0.3) is 6.47 Å². The van der Waals surface area contributed by atoms with Gasteiger partial charge < -0.3 is 25.8 Å². The third-order valence-corrected chi connectivity index (χ3v) is 2.63. The number of aliphatic hydroxyl groups excluding tert-OH is 1. The standard InChI is InChI=1S/C7H15N3O2.C5H10O2/c8-6(5-11)7(12)10-3-1-9-2-4-10;1-2-3-4-7-5-6/h6,9,11H,1-5,8H2;5H,2-4H2,1H3/t6-;/m0./s1. The summed E-state index contributed by atoms with van der Waals surface area (Å²) in [5.41, 5.74) is 5.39. The molecule has 112 valence electrons. The topological polar surface area (TPSA) is 105 Å². The molecule has 7 heteroatoms. The lowest BCUT2D eigenvalue weighted by molar-refractivity contribution is -0.134. The molecule has 0 saturated carbocycles.